The van der Waals surface area contributed by atoms with Gasteiger partial charge in [0.15, 0.2) is 0 Å². The fourth-order valence-electron chi connectivity index (χ4n) is 3.41. The second-order valence-corrected chi connectivity index (χ2v) is 7.05. The monoisotopic (exact) mass is 287 g/mol. The maximum Gasteiger partial charge on any atom is 0.122 e. The lowest BCUT2D eigenvalue weighted by Crippen LogP contribution is -2.28. The van der Waals surface area contributed by atoms with Crippen LogP contribution in [0, 0.1) is 25.7 Å². The van der Waals surface area contributed by atoms with Gasteiger partial charge in [0.2, 0.25) is 0 Å². The molecule has 0 spiro atoms. The van der Waals surface area contributed by atoms with Crippen LogP contribution >= 0.6 is 0 Å². The molecule has 2 heteroatoms. The molecule has 0 radical (unpaired) electrons. The number of hydrogen-bond donors (Lipinski definition) is 1. The van der Waals surface area contributed by atoms with Crippen LogP contribution in [0.15, 0.2) is 12.1 Å². The number of benzene rings is 1. The number of rotatable bonds is 5. The van der Waals surface area contributed by atoms with Gasteiger partial charge in [-0.05, 0) is 93.6 Å². The lowest BCUT2D eigenvalue weighted by atomic mass is 9.86. The SMILES string of the molecule is Cc1cc(CC2CCNCC2)c(OCC2CCC2)cc1C. The van der Waals surface area contributed by atoms with E-state index in [1.165, 1.54) is 68.3 Å². The molecule has 0 amide bonds. The first kappa shape index (κ1) is 14.9. The largest absolute Gasteiger partial charge is 0.493 e. The highest BCUT2D eigenvalue weighted by atomic mass is 16.5. The second-order valence-electron chi connectivity index (χ2n) is 7.05. The van der Waals surface area contributed by atoms with E-state index in [1.54, 1.807) is 0 Å². The average Bonchev–Trinajstić information content (AvgIpc) is 2.43. The van der Waals surface area contributed by atoms with Crippen molar-refractivity contribution in [2.75, 3.05) is 19.7 Å². The molecule has 1 aliphatic carbocycles. The lowest BCUT2D eigenvalue weighted by Gasteiger charge is -2.27. The van der Waals surface area contributed by atoms with Crippen LogP contribution in [0.25, 0.3) is 0 Å². The van der Waals surface area contributed by atoms with E-state index in [0.717, 1.165) is 24.2 Å². The van der Waals surface area contributed by atoms with E-state index in [-0.39, 0.29) is 0 Å². The summed E-state index contributed by atoms with van der Waals surface area (Å²) in [7, 11) is 0. The number of ether oxygens (including phenoxy) is 1. The van der Waals surface area contributed by atoms with E-state index in [0.29, 0.717) is 0 Å². The van der Waals surface area contributed by atoms with Gasteiger partial charge in [0.05, 0.1) is 6.61 Å². The zero-order chi connectivity index (χ0) is 14.7. The predicted octanol–water partition coefficient (Wildman–Crippen LogP) is 4.02. The predicted molar refractivity (Wildman–Crippen MR) is 88.0 cm³/mol. The van der Waals surface area contributed by atoms with Crippen LogP contribution in [0.4, 0.5) is 0 Å². The smallest absolute Gasteiger partial charge is 0.122 e. The summed E-state index contributed by atoms with van der Waals surface area (Å²) in [5.74, 6) is 2.78. The summed E-state index contributed by atoms with van der Waals surface area (Å²) >= 11 is 0. The van der Waals surface area contributed by atoms with E-state index in [2.05, 4.69) is 31.3 Å². The van der Waals surface area contributed by atoms with Gasteiger partial charge >= 0.3 is 0 Å². The molecule has 1 saturated heterocycles. The summed E-state index contributed by atoms with van der Waals surface area (Å²) in [6.45, 7) is 7.68. The van der Waals surface area contributed by atoms with Crippen LogP contribution in [0.5, 0.6) is 5.75 Å². The topological polar surface area (TPSA) is 21.3 Å². The zero-order valence-corrected chi connectivity index (χ0v) is 13.6. The Morgan fingerprint density at radius 1 is 1.00 bits per heavy atom. The van der Waals surface area contributed by atoms with Gasteiger partial charge in [-0.1, -0.05) is 12.5 Å². The number of aryl methyl sites for hydroxylation is 2. The first-order valence-corrected chi connectivity index (χ1v) is 8.66. The van der Waals surface area contributed by atoms with Crippen molar-refractivity contribution in [3.05, 3.63) is 28.8 Å². The molecule has 1 saturated carbocycles. The number of hydrogen-bond acceptors (Lipinski definition) is 2. The summed E-state index contributed by atoms with van der Waals surface area (Å²) in [4.78, 5) is 0. The van der Waals surface area contributed by atoms with Crippen LogP contribution in [-0.4, -0.2) is 19.7 Å². The van der Waals surface area contributed by atoms with Crippen molar-refractivity contribution in [1.29, 1.82) is 0 Å². The Kier molecular flexibility index (Phi) is 4.84. The Labute approximate surface area is 129 Å². The van der Waals surface area contributed by atoms with Crippen LogP contribution in [0.2, 0.25) is 0 Å². The summed E-state index contributed by atoms with van der Waals surface area (Å²) in [6.07, 6.45) is 7.89. The van der Waals surface area contributed by atoms with Gasteiger partial charge < -0.3 is 10.1 Å². The van der Waals surface area contributed by atoms with Crippen molar-refractivity contribution in [2.45, 2.75) is 52.4 Å². The third kappa shape index (κ3) is 3.79. The minimum Gasteiger partial charge on any atom is -0.493 e. The van der Waals surface area contributed by atoms with Crippen LogP contribution in [-0.2, 0) is 6.42 Å². The van der Waals surface area contributed by atoms with Gasteiger partial charge in [-0.25, -0.2) is 0 Å². The third-order valence-corrected chi connectivity index (χ3v) is 5.34. The maximum atomic E-state index is 6.20. The highest BCUT2D eigenvalue weighted by molar-refractivity contribution is 5.42. The van der Waals surface area contributed by atoms with Crippen LogP contribution < -0.4 is 10.1 Å². The van der Waals surface area contributed by atoms with E-state index in [9.17, 15) is 0 Å². The molecule has 1 aliphatic heterocycles. The molecule has 116 valence electrons. The minimum absolute atomic E-state index is 0.804. The van der Waals surface area contributed by atoms with Gasteiger partial charge in [0.1, 0.15) is 5.75 Å². The summed E-state index contributed by atoms with van der Waals surface area (Å²) in [5.41, 5.74) is 4.19. The molecule has 1 aromatic rings. The summed E-state index contributed by atoms with van der Waals surface area (Å²) in [6, 6.07) is 4.64. The van der Waals surface area contributed by atoms with Crippen molar-refractivity contribution in [3.63, 3.8) is 0 Å². The van der Waals surface area contributed by atoms with Crippen LogP contribution in [0.3, 0.4) is 0 Å². The molecule has 3 rings (SSSR count). The van der Waals surface area contributed by atoms with E-state index >= 15 is 0 Å². The van der Waals surface area contributed by atoms with Crippen molar-refractivity contribution in [2.24, 2.45) is 11.8 Å². The number of nitrogens with one attached hydrogen (secondary N) is 1. The molecule has 0 aromatic heterocycles. The molecule has 2 aliphatic rings. The molecule has 0 bridgehead atoms. The zero-order valence-electron chi connectivity index (χ0n) is 13.6. The van der Waals surface area contributed by atoms with Gasteiger partial charge in [-0.15, -0.1) is 0 Å². The Hall–Kier alpha value is -1.02. The van der Waals surface area contributed by atoms with Gasteiger partial charge in [0, 0.05) is 0 Å². The van der Waals surface area contributed by atoms with Crippen molar-refractivity contribution in [1.82, 2.24) is 5.32 Å². The standard InChI is InChI=1S/C19H29NO/c1-14-10-18(12-16-6-8-20-9-7-16)19(11-15(14)2)21-13-17-4-3-5-17/h10-11,16-17,20H,3-9,12-13H2,1-2H3. The summed E-state index contributed by atoms with van der Waals surface area (Å²) < 4.78 is 6.20. The first-order chi connectivity index (χ1) is 10.2. The quantitative estimate of drug-likeness (QED) is 0.883. The lowest BCUT2D eigenvalue weighted by molar-refractivity contribution is 0.179. The molecular formula is C19H29NO. The fourth-order valence-corrected chi connectivity index (χ4v) is 3.41. The summed E-state index contributed by atoms with van der Waals surface area (Å²) in [5, 5.41) is 3.46. The first-order valence-electron chi connectivity index (χ1n) is 8.66. The molecule has 0 atom stereocenters. The highest BCUT2D eigenvalue weighted by Crippen LogP contribution is 2.31. The Morgan fingerprint density at radius 3 is 2.38 bits per heavy atom. The Morgan fingerprint density at radius 2 is 1.71 bits per heavy atom. The molecule has 0 unspecified atom stereocenters. The minimum atomic E-state index is 0.804. The molecule has 1 N–H and O–H groups in total. The molecule has 2 nitrogen and oxygen atoms in total. The maximum absolute atomic E-state index is 6.20. The van der Waals surface area contributed by atoms with E-state index < -0.39 is 0 Å². The van der Waals surface area contributed by atoms with E-state index in [1.807, 2.05) is 0 Å². The Balaban J connectivity index is 1.70. The molecule has 1 aromatic carbocycles. The van der Waals surface area contributed by atoms with Crippen molar-refractivity contribution >= 4 is 0 Å². The Bertz CT molecular complexity index is 473. The van der Waals surface area contributed by atoms with Crippen molar-refractivity contribution in [3.8, 4) is 5.75 Å². The van der Waals surface area contributed by atoms with Gasteiger partial charge in [0.25, 0.3) is 0 Å². The van der Waals surface area contributed by atoms with Crippen LogP contribution in [0.1, 0.15) is 48.8 Å². The van der Waals surface area contributed by atoms with Crippen molar-refractivity contribution < 1.29 is 4.74 Å². The molecule has 2 fully saturated rings. The normalized spacial score (nSPS) is 20.3. The highest BCUT2D eigenvalue weighted by Gasteiger charge is 2.20. The third-order valence-electron chi connectivity index (χ3n) is 5.34. The molecule has 21 heavy (non-hydrogen) atoms. The average molecular weight is 287 g/mol. The van der Waals surface area contributed by atoms with Gasteiger partial charge in [-0.2, -0.15) is 0 Å². The second kappa shape index (κ2) is 6.83. The molecule has 1 heterocycles. The van der Waals surface area contributed by atoms with Gasteiger partial charge in [-0.3, -0.25) is 0 Å². The number of piperidine rings is 1. The molecular weight excluding hydrogens is 258 g/mol. The fraction of sp³-hybridized carbons (Fsp3) is 0.684. The van der Waals surface area contributed by atoms with E-state index in [4.69, 9.17) is 4.74 Å².